The van der Waals surface area contributed by atoms with Crippen molar-refractivity contribution in [2.24, 2.45) is 0 Å². The molecule has 0 unspecified atom stereocenters. The summed E-state index contributed by atoms with van der Waals surface area (Å²) in [5.74, 6) is 1.57. The number of nitrogens with zero attached hydrogens (tertiary/aromatic N) is 2. The van der Waals surface area contributed by atoms with Gasteiger partial charge in [-0.05, 0) is 23.6 Å². The maximum absolute atomic E-state index is 13.7. The van der Waals surface area contributed by atoms with E-state index in [1.165, 1.54) is 10.9 Å². The largest absolute Gasteiger partial charge is 0.411 e. The Morgan fingerprint density at radius 3 is 2.92 bits per heavy atom. The molecule has 0 aliphatic heterocycles. The number of thioether (sulfide) groups is 2. The van der Waals surface area contributed by atoms with Crippen molar-refractivity contribution < 1.29 is 13.6 Å². The van der Waals surface area contributed by atoms with Crippen molar-refractivity contribution in [1.82, 2.24) is 15.5 Å². The average molecular weight is 410 g/mol. The Bertz CT molecular complexity index is 839. The zero-order chi connectivity index (χ0) is 18.2. The van der Waals surface area contributed by atoms with Crippen LogP contribution in [-0.2, 0) is 10.5 Å². The standard InChI is InChI=1S/C17H16FN3O2S3/c18-14-6-2-1-5-13(14)16-20-21-17(23-16)26-11-15(22)19-7-9-24-10-12-4-3-8-25-12/h1-6,8H,7,9-11H2,(H,19,22). The zero-order valence-electron chi connectivity index (χ0n) is 13.7. The zero-order valence-corrected chi connectivity index (χ0v) is 16.1. The van der Waals surface area contributed by atoms with E-state index < -0.39 is 5.82 Å². The highest BCUT2D eigenvalue weighted by atomic mass is 32.2. The maximum Gasteiger partial charge on any atom is 0.277 e. The minimum absolute atomic E-state index is 0.0997. The van der Waals surface area contributed by atoms with Crippen molar-refractivity contribution in [3.8, 4) is 11.5 Å². The van der Waals surface area contributed by atoms with E-state index in [4.69, 9.17) is 4.42 Å². The van der Waals surface area contributed by atoms with Crippen LogP contribution in [0.25, 0.3) is 11.5 Å². The van der Waals surface area contributed by atoms with E-state index in [0.717, 1.165) is 23.3 Å². The van der Waals surface area contributed by atoms with Gasteiger partial charge in [-0.15, -0.1) is 21.5 Å². The van der Waals surface area contributed by atoms with Crippen LogP contribution in [0.15, 0.2) is 51.4 Å². The van der Waals surface area contributed by atoms with E-state index in [0.29, 0.717) is 6.54 Å². The van der Waals surface area contributed by atoms with Gasteiger partial charge in [-0.1, -0.05) is 30.0 Å². The third-order valence-electron chi connectivity index (χ3n) is 3.23. The monoisotopic (exact) mass is 409 g/mol. The molecule has 1 N–H and O–H groups in total. The van der Waals surface area contributed by atoms with Gasteiger partial charge in [0.1, 0.15) is 5.82 Å². The first-order valence-corrected chi connectivity index (χ1v) is 10.8. The summed E-state index contributed by atoms with van der Waals surface area (Å²) in [6.07, 6.45) is 0. The lowest BCUT2D eigenvalue weighted by molar-refractivity contribution is -0.118. The Labute approximate surface area is 162 Å². The molecule has 0 bridgehead atoms. The molecule has 9 heteroatoms. The van der Waals surface area contributed by atoms with Crippen LogP contribution in [0.2, 0.25) is 0 Å². The second kappa shape index (κ2) is 9.75. The molecule has 0 radical (unpaired) electrons. The molecule has 0 spiro atoms. The van der Waals surface area contributed by atoms with E-state index in [1.807, 2.05) is 6.07 Å². The molecule has 1 amide bonds. The summed E-state index contributed by atoms with van der Waals surface area (Å²) < 4.78 is 19.1. The fraction of sp³-hybridized carbons (Fsp3) is 0.235. The Kier molecular flexibility index (Phi) is 7.10. The number of hydrogen-bond acceptors (Lipinski definition) is 7. The Balaban J connectivity index is 1.36. The Morgan fingerprint density at radius 2 is 2.12 bits per heavy atom. The van der Waals surface area contributed by atoms with Crippen molar-refractivity contribution >= 4 is 40.8 Å². The van der Waals surface area contributed by atoms with E-state index in [2.05, 4.69) is 27.0 Å². The molecule has 0 fully saturated rings. The molecule has 0 saturated carbocycles. The average Bonchev–Trinajstić information content (AvgIpc) is 3.32. The van der Waals surface area contributed by atoms with Crippen LogP contribution in [-0.4, -0.2) is 34.2 Å². The topological polar surface area (TPSA) is 68.0 Å². The van der Waals surface area contributed by atoms with Crippen LogP contribution in [0.3, 0.4) is 0 Å². The van der Waals surface area contributed by atoms with Gasteiger partial charge in [0.2, 0.25) is 5.91 Å². The van der Waals surface area contributed by atoms with Crippen LogP contribution >= 0.6 is 34.9 Å². The van der Waals surface area contributed by atoms with E-state index >= 15 is 0 Å². The molecular formula is C17H16FN3O2S3. The fourth-order valence-corrected chi connectivity index (χ4v) is 4.31. The van der Waals surface area contributed by atoms with Crippen LogP contribution in [0.4, 0.5) is 4.39 Å². The summed E-state index contributed by atoms with van der Waals surface area (Å²) in [5, 5.41) is 12.8. The SMILES string of the molecule is O=C(CSc1nnc(-c2ccccc2F)o1)NCCSCc1cccs1. The molecule has 0 saturated heterocycles. The van der Waals surface area contributed by atoms with Crippen LogP contribution in [0.1, 0.15) is 4.88 Å². The van der Waals surface area contributed by atoms with Gasteiger partial charge in [0.05, 0.1) is 11.3 Å². The number of benzene rings is 1. The summed E-state index contributed by atoms with van der Waals surface area (Å²) in [7, 11) is 0. The number of halogens is 1. The lowest BCUT2D eigenvalue weighted by atomic mass is 10.2. The fourth-order valence-electron chi connectivity index (χ4n) is 2.02. The number of aromatic nitrogens is 2. The van der Waals surface area contributed by atoms with Gasteiger partial charge >= 0.3 is 0 Å². The first-order chi connectivity index (χ1) is 12.7. The summed E-state index contributed by atoms with van der Waals surface area (Å²) in [4.78, 5) is 13.2. The Morgan fingerprint density at radius 1 is 1.23 bits per heavy atom. The first-order valence-electron chi connectivity index (χ1n) is 7.80. The van der Waals surface area contributed by atoms with Crippen LogP contribution in [0.5, 0.6) is 0 Å². The number of amides is 1. The van der Waals surface area contributed by atoms with Gasteiger partial charge in [0.15, 0.2) is 0 Å². The van der Waals surface area contributed by atoms with Gasteiger partial charge < -0.3 is 9.73 Å². The second-order valence-electron chi connectivity index (χ2n) is 5.12. The number of thiophene rings is 1. The summed E-state index contributed by atoms with van der Waals surface area (Å²) >= 11 is 4.65. The molecular weight excluding hydrogens is 393 g/mol. The van der Waals surface area contributed by atoms with E-state index in [9.17, 15) is 9.18 Å². The lowest BCUT2D eigenvalue weighted by Crippen LogP contribution is -2.27. The molecule has 5 nitrogen and oxygen atoms in total. The molecule has 0 aliphatic rings. The summed E-state index contributed by atoms with van der Waals surface area (Å²) in [6, 6.07) is 10.3. The van der Waals surface area contributed by atoms with Gasteiger partial charge in [-0.2, -0.15) is 11.8 Å². The molecule has 1 aromatic carbocycles. The van der Waals surface area contributed by atoms with Gasteiger partial charge in [-0.3, -0.25) is 4.79 Å². The van der Waals surface area contributed by atoms with Crippen molar-refractivity contribution in [3.63, 3.8) is 0 Å². The quantitative estimate of drug-likeness (QED) is 0.424. The van der Waals surface area contributed by atoms with Crippen molar-refractivity contribution in [3.05, 3.63) is 52.5 Å². The Hall–Kier alpha value is -1.84. The third kappa shape index (κ3) is 5.58. The number of carbonyl (C=O) groups excluding carboxylic acids is 1. The highest BCUT2D eigenvalue weighted by Gasteiger charge is 2.13. The van der Waals surface area contributed by atoms with Crippen LogP contribution < -0.4 is 5.32 Å². The molecule has 136 valence electrons. The van der Waals surface area contributed by atoms with E-state index in [-0.39, 0.29) is 28.3 Å². The van der Waals surface area contributed by atoms with Gasteiger partial charge in [-0.25, -0.2) is 4.39 Å². The molecule has 26 heavy (non-hydrogen) atoms. The summed E-state index contributed by atoms with van der Waals surface area (Å²) in [5.41, 5.74) is 0.249. The minimum Gasteiger partial charge on any atom is -0.411 e. The number of carbonyl (C=O) groups is 1. The van der Waals surface area contributed by atoms with Crippen molar-refractivity contribution in [2.75, 3.05) is 18.1 Å². The first kappa shape index (κ1) is 18.9. The number of nitrogens with one attached hydrogen (secondary N) is 1. The molecule has 0 atom stereocenters. The minimum atomic E-state index is -0.425. The third-order valence-corrected chi connectivity index (χ3v) is 6.12. The summed E-state index contributed by atoms with van der Waals surface area (Å²) in [6.45, 7) is 0.611. The van der Waals surface area contributed by atoms with Crippen molar-refractivity contribution in [1.29, 1.82) is 0 Å². The molecule has 2 aromatic heterocycles. The normalized spacial score (nSPS) is 10.8. The predicted octanol–water partition coefficient (Wildman–Crippen LogP) is 4.08. The highest BCUT2D eigenvalue weighted by Crippen LogP contribution is 2.24. The highest BCUT2D eigenvalue weighted by molar-refractivity contribution is 7.99. The molecule has 3 aromatic rings. The van der Waals surface area contributed by atoms with E-state index in [1.54, 1.807) is 41.3 Å². The smallest absolute Gasteiger partial charge is 0.277 e. The van der Waals surface area contributed by atoms with Crippen LogP contribution in [0, 0.1) is 5.82 Å². The number of hydrogen-bond donors (Lipinski definition) is 1. The lowest BCUT2D eigenvalue weighted by Gasteiger charge is -2.03. The van der Waals surface area contributed by atoms with Gasteiger partial charge in [0.25, 0.3) is 11.1 Å². The van der Waals surface area contributed by atoms with Gasteiger partial charge in [0, 0.05) is 22.9 Å². The molecule has 0 aliphatic carbocycles. The maximum atomic E-state index is 13.7. The van der Waals surface area contributed by atoms with Crippen molar-refractivity contribution in [2.45, 2.75) is 11.0 Å². The molecule has 2 heterocycles. The predicted molar refractivity (Wildman–Crippen MR) is 104 cm³/mol. The molecule has 3 rings (SSSR count). The number of rotatable bonds is 9. The second-order valence-corrected chi connectivity index (χ2v) is 8.19.